The van der Waals surface area contributed by atoms with Crippen LogP contribution in [0.3, 0.4) is 0 Å². The monoisotopic (exact) mass is 261 g/mol. The number of hydrogen-bond donors (Lipinski definition) is 1. The van der Waals surface area contributed by atoms with Crippen LogP contribution < -0.4 is 15.4 Å². The number of nitrogens with two attached hydrogens (primary N) is 1. The highest BCUT2D eigenvalue weighted by atomic mass is 16.5. The molecule has 1 aliphatic rings. The lowest BCUT2D eigenvalue weighted by Gasteiger charge is -2.31. The zero-order chi connectivity index (χ0) is 13.8. The predicted octanol–water partition coefficient (Wildman–Crippen LogP) is 2.63. The molecule has 1 aliphatic heterocycles. The molecule has 0 aliphatic carbocycles. The van der Waals surface area contributed by atoms with Crippen molar-refractivity contribution in [3.8, 4) is 5.75 Å². The van der Waals surface area contributed by atoms with Gasteiger partial charge >= 0.3 is 0 Å². The Morgan fingerprint density at radius 3 is 2.47 bits per heavy atom. The average Bonchev–Trinajstić information content (AvgIpc) is 2.82. The number of hydrogen-bond acceptors (Lipinski definition) is 4. The second-order valence-electron chi connectivity index (χ2n) is 4.91. The molecule has 0 saturated heterocycles. The van der Waals surface area contributed by atoms with E-state index in [1.807, 2.05) is 24.3 Å². The lowest BCUT2D eigenvalue weighted by molar-refractivity contribution is 0.410. The minimum absolute atomic E-state index is 0.378. The van der Waals surface area contributed by atoms with Crippen LogP contribution in [-0.2, 0) is 0 Å². The molecule has 0 bridgehead atoms. The first-order valence-corrected chi connectivity index (χ1v) is 6.94. The van der Waals surface area contributed by atoms with Crippen LogP contribution in [0.4, 0.5) is 5.69 Å². The molecule has 0 aromatic heterocycles. The fourth-order valence-electron chi connectivity index (χ4n) is 2.77. The highest BCUT2D eigenvalue weighted by molar-refractivity contribution is 5.97. The van der Waals surface area contributed by atoms with E-state index in [0.29, 0.717) is 17.9 Å². The summed E-state index contributed by atoms with van der Waals surface area (Å²) in [5, 5.41) is 0. The minimum atomic E-state index is 0.378. The Labute approximate surface area is 115 Å². The first kappa shape index (κ1) is 13.7. The Morgan fingerprint density at radius 2 is 1.95 bits per heavy atom. The molecule has 4 nitrogen and oxygen atoms in total. The van der Waals surface area contributed by atoms with E-state index >= 15 is 0 Å². The van der Waals surface area contributed by atoms with E-state index in [-0.39, 0.29) is 0 Å². The zero-order valence-electron chi connectivity index (χ0n) is 12.0. The highest BCUT2D eigenvalue weighted by Gasteiger charge is 2.32. The first-order valence-electron chi connectivity index (χ1n) is 6.94. The van der Waals surface area contributed by atoms with Crippen LogP contribution in [0.15, 0.2) is 29.3 Å². The van der Waals surface area contributed by atoms with Crippen molar-refractivity contribution in [1.29, 1.82) is 0 Å². The van der Waals surface area contributed by atoms with Gasteiger partial charge < -0.3 is 15.4 Å². The molecule has 1 aromatic rings. The topological polar surface area (TPSA) is 50.8 Å². The van der Waals surface area contributed by atoms with Crippen molar-refractivity contribution >= 4 is 11.6 Å². The number of aliphatic imine (C=N–C) groups is 1. The van der Waals surface area contributed by atoms with Crippen molar-refractivity contribution in [2.45, 2.75) is 32.7 Å². The van der Waals surface area contributed by atoms with Gasteiger partial charge in [-0.25, -0.2) is 0 Å². The van der Waals surface area contributed by atoms with Crippen molar-refractivity contribution in [3.05, 3.63) is 24.3 Å². The Morgan fingerprint density at radius 1 is 1.32 bits per heavy atom. The van der Waals surface area contributed by atoms with Crippen LogP contribution in [0.5, 0.6) is 5.75 Å². The molecule has 2 rings (SSSR count). The van der Waals surface area contributed by atoms with E-state index in [1.54, 1.807) is 7.11 Å². The van der Waals surface area contributed by atoms with Crippen molar-refractivity contribution in [2.24, 2.45) is 16.6 Å². The maximum absolute atomic E-state index is 6.06. The summed E-state index contributed by atoms with van der Waals surface area (Å²) >= 11 is 0. The summed E-state index contributed by atoms with van der Waals surface area (Å²) in [5.74, 6) is 2.10. The van der Waals surface area contributed by atoms with E-state index < -0.39 is 0 Å². The molecule has 1 aromatic carbocycles. The Kier molecular flexibility index (Phi) is 4.30. The molecule has 0 amide bonds. The van der Waals surface area contributed by atoms with Crippen molar-refractivity contribution in [1.82, 2.24) is 0 Å². The molecule has 0 spiro atoms. The number of rotatable bonds is 5. The van der Waals surface area contributed by atoms with Gasteiger partial charge in [0.2, 0.25) is 0 Å². The maximum atomic E-state index is 6.06. The van der Waals surface area contributed by atoms with Gasteiger partial charge in [-0.15, -0.1) is 0 Å². The van der Waals surface area contributed by atoms with Crippen molar-refractivity contribution in [3.63, 3.8) is 0 Å². The van der Waals surface area contributed by atoms with Gasteiger partial charge in [-0.3, -0.25) is 4.99 Å². The van der Waals surface area contributed by atoms with Gasteiger partial charge in [0.25, 0.3) is 0 Å². The van der Waals surface area contributed by atoms with Crippen molar-refractivity contribution < 1.29 is 4.74 Å². The van der Waals surface area contributed by atoms with Crippen LogP contribution in [0.1, 0.15) is 26.7 Å². The van der Waals surface area contributed by atoms with E-state index in [4.69, 9.17) is 10.5 Å². The number of anilines is 1. The molecule has 0 saturated carbocycles. The Bertz CT molecular complexity index is 437. The maximum Gasteiger partial charge on any atom is 0.196 e. The zero-order valence-corrected chi connectivity index (χ0v) is 12.0. The van der Waals surface area contributed by atoms with Crippen molar-refractivity contribution in [2.75, 3.05) is 18.6 Å². The molecule has 4 heteroatoms. The van der Waals surface area contributed by atoms with Gasteiger partial charge in [-0.2, -0.15) is 0 Å². The Hall–Kier alpha value is -1.71. The summed E-state index contributed by atoms with van der Waals surface area (Å²) in [6, 6.07) is 8.39. The average molecular weight is 261 g/mol. The van der Waals surface area contributed by atoms with Gasteiger partial charge in [-0.1, -0.05) is 26.7 Å². The number of ether oxygens (including phenoxy) is 1. The lowest BCUT2D eigenvalue weighted by Crippen LogP contribution is -2.44. The summed E-state index contributed by atoms with van der Waals surface area (Å²) in [6.45, 7) is 5.26. The molecular formula is C15H23N3O. The summed E-state index contributed by atoms with van der Waals surface area (Å²) in [5.41, 5.74) is 7.16. The predicted molar refractivity (Wildman–Crippen MR) is 79.8 cm³/mol. The van der Waals surface area contributed by atoms with Crippen LogP contribution in [0.2, 0.25) is 0 Å². The summed E-state index contributed by atoms with van der Waals surface area (Å²) in [4.78, 5) is 6.59. The highest BCUT2D eigenvalue weighted by Crippen LogP contribution is 2.29. The largest absolute Gasteiger partial charge is 0.497 e. The number of guanidine groups is 1. The first-order chi connectivity index (χ1) is 9.21. The molecule has 0 fully saturated rings. The van der Waals surface area contributed by atoms with Crippen LogP contribution in [-0.4, -0.2) is 25.7 Å². The number of nitrogens with zero attached hydrogens (tertiary/aromatic N) is 2. The van der Waals surface area contributed by atoms with Gasteiger partial charge in [-0.05, 0) is 30.2 Å². The second-order valence-corrected chi connectivity index (χ2v) is 4.91. The third-order valence-corrected chi connectivity index (χ3v) is 3.96. The van der Waals surface area contributed by atoms with Gasteiger partial charge in [0.05, 0.1) is 19.7 Å². The fourth-order valence-corrected chi connectivity index (χ4v) is 2.77. The standard InChI is InChI=1S/C15H23N3O/c1-4-11(5-2)14-10-17-15(16)18(14)12-6-8-13(19-3)9-7-12/h6-9,11,14H,4-5,10H2,1-3H3,(H2,16,17). The molecule has 0 radical (unpaired) electrons. The third-order valence-electron chi connectivity index (χ3n) is 3.96. The van der Waals surface area contributed by atoms with E-state index in [9.17, 15) is 0 Å². The third kappa shape index (κ3) is 2.67. The van der Waals surface area contributed by atoms with E-state index in [1.165, 1.54) is 0 Å². The molecule has 19 heavy (non-hydrogen) atoms. The SMILES string of the molecule is CCC(CC)C1CN=C(N)N1c1ccc(OC)cc1. The minimum Gasteiger partial charge on any atom is -0.497 e. The normalized spacial score (nSPS) is 18.8. The second kappa shape index (κ2) is 5.95. The fraction of sp³-hybridized carbons (Fsp3) is 0.533. The molecule has 104 valence electrons. The number of benzene rings is 1. The molecule has 1 heterocycles. The molecule has 1 atom stereocenters. The summed E-state index contributed by atoms with van der Waals surface area (Å²) in [6.07, 6.45) is 2.30. The number of methoxy groups -OCH3 is 1. The molecule has 1 unspecified atom stereocenters. The summed E-state index contributed by atoms with van der Waals surface area (Å²) in [7, 11) is 1.67. The van der Waals surface area contributed by atoms with Crippen LogP contribution in [0.25, 0.3) is 0 Å². The van der Waals surface area contributed by atoms with Crippen LogP contribution in [0, 0.1) is 5.92 Å². The molecule has 2 N–H and O–H groups in total. The smallest absolute Gasteiger partial charge is 0.196 e. The van der Waals surface area contributed by atoms with E-state index in [2.05, 4.69) is 23.7 Å². The van der Waals surface area contributed by atoms with Gasteiger partial charge in [0.15, 0.2) is 5.96 Å². The molecular weight excluding hydrogens is 238 g/mol. The van der Waals surface area contributed by atoms with Crippen LogP contribution >= 0.6 is 0 Å². The van der Waals surface area contributed by atoms with E-state index in [0.717, 1.165) is 30.8 Å². The van der Waals surface area contributed by atoms with Gasteiger partial charge in [0.1, 0.15) is 5.75 Å². The summed E-state index contributed by atoms with van der Waals surface area (Å²) < 4.78 is 5.20. The lowest BCUT2D eigenvalue weighted by atomic mass is 9.93. The quantitative estimate of drug-likeness (QED) is 0.886. The van der Waals surface area contributed by atoms with Gasteiger partial charge in [0, 0.05) is 5.69 Å². The Balaban J connectivity index is 2.25.